The first-order valence-corrected chi connectivity index (χ1v) is 5.08. The Labute approximate surface area is 82.7 Å². The predicted octanol–water partition coefficient (Wildman–Crippen LogP) is 3.92. The molecule has 1 aromatic carbocycles. The van der Waals surface area contributed by atoms with E-state index < -0.39 is 0 Å². The fourth-order valence-electron chi connectivity index (χ4n) is 1.59. The molecule has 0 atom stereocenters. The number of hydrogen-bond donors (Lipinski definition) is 0. The van der Waals surface area contributed by atoms with Crippen LogP contribution in [-0.4, -0.2) is 0 Å². The molecule has 0 aliphatic heterocycles. The first-order valence-electron chi connectivity index (χ1n) is 4.70. The van der Waals surface area contributed by atoms with Crippen LogP contribution in [0.25, 0.3) is 0 Å². The van der Waals surface area contributed by atoms with Gasteiger partial charge < -0.3 is 0 Å². The molecule has 0 unspecified atom stereocenters. The highest BCUT2D eigenvalue weighted by Crippen LogP contribution is 2.43. The molecule has 0 bridgehead atoms. The van der Waals surface area contributed by atoms with E-state index in [9.17, 15) is 4.39 Å². The molecule has 70 valence electrons. The van der Waals surface area contributed by atoms with Crippen molar-refractivity contribution in [1.29, 1.82) is 0 Å². The summed E-state index contributed by atoms with van der Waals surface area (Å²) in [6, 6.07) is 3.83. The molecule has 1 saturated carbocycles. The standard InChI is InChI=1S/C11H12ClF/c1-2-7-5-6-9(8-3-4-8)11(13)10(7)12/h5-6,8H,2-4H2,1H3. The van der Waals surface area contributed by atoms with Gasteiger partial charge >= 0.3 is 0 Å². The lowest BCUT2D eigenvalue weighted by atomic mass is 10.1. The summed E-state index contributed by atoms with van der Waals surface area (Å²) in [5, 5.41) is 0.326. The quantitative estimate of drug-likeness (QED) is 0.676. The van der Waals surface area contributed by atoms with Crippen molar-refractivity contribution < 1.29 is 4.39 Å². The first-order chi connectivity index (χ1) is 6.24. The Morgan fingerprint density at radius 1 is 1.46 bits per heavy atom. The molecule has 0 aromatic heterocycles. The van der Waals surface area contributed by atoms with Crippen LogP contribution in [0.5, 0.6) is 0 Å². The Morgan fingerprint density at radius 2 is 2.15 bits per heavy atom. The summed E-state index contributed by atoms with van der Waals surface area (Å²) in [6.07, 6.45) is 3.01. The molecular weight excluding hydrogens is 187 g/mol. The summed E-state index contributed by atoms with van der Waals surface area (Å²) in [7, 11) is 0. The molecule has 1 aliphatic rings. The van der Waals surface area contributed by atoms with E-state index in [1.165, 1.54) is 0 Å². The summed E-state index contributed by atoms with van der Waals surface area (Å²) in [5.41, 5.74) is 1.71. The first kappa shape index (κ1) is 9.01. The van der Waals surface area contributed by atoms with E-state index >= 15 is 0 Å². The van der Waals surface area contributed by atoms with Gasteiger partial charge in [-0.1, -0.05) is 30.7 Å². The molecule has 1 aliphatic carbocycles. The minimum absolute atomic E-state index is 0.191. The molecule has 0 radical (unpaired) electrons. The SMILES string of the molecule is CCc1ccc(C2CC2)c(F)c1Cl. The van der Waals surface area contributed by atoms with Gasteiger partial charge in [-0.25, -0.2) is 4.39 Å². The molecule has 0 spiro atoms. The lowest BCUT2D eigenvalue weighted by Gasteiger charge is -2.06. The van der Waals surface area contributed by atoms with Crippen LogP contribution in [0.3, 0.4) is 0 Å². The normalized spacial score (nSPS) is 16.2. The van der Waals surface area contributed by atoms with E-state index in [1.54, 1.807) is 0 Å². The van der Waals surface area contributed by atoms with Crippen molar-refractivity contribution >= 4 is 11.6 Å². The average molecular weight is 199 g/mol. The maximum Gasteiger partial charge on any atom is 0.145 e. The maximum atomic E-state index is 13.6. The van der Waals surface area contributed by atoms with Crippen molar-refractivity contribution in [2.24, 2.45) is 0 Å². The molecule has 2 heteroatoms. The van der Waals surface area contributed by atoms with Gasteiger partial charge in [0.2, 0.25) is 0 Å². The van der Waals surface area contributed by atoms with Gasteiger partial charge in [0.25, 0.3) is 0 Å². The van der Waals surface area contributed by atoms with Crippen molar-refractivity contribution in [2.75, 3.05) is 0 Å². The van der Waals surface area contributed by atoms with E-state index in [0.717, 1.165) is 30.4 Å². The summed E-state index contributed by atoms with van der Waals surface area (Å²) in [6.45, 7) is 1.98. The third kappa shape index (κ3) is 1.58. The highest BCUT2D eigenvalue weighted by molar-refractivity contribution is 6.31. The molecule has 0 saturated heterocycles. The molecule has 0 nitrogen and oxygen atoms in total. The van der Waals surface area contributed by atoms with Gasteiger partial charge in [-0.3, -0.25) is 0 Å². The zero-order chi connectivity index (χ0) is 9.42. The van der Waals surface area contributed by atoms with Crippen molar-refractivity contribution in [1.82, 2.24) is 0 Å². The molecular formula is C11H12ClF. The van der Waals surface area contributed by atoms with Crippen LogP contribution >= 0.6 is 11.6 Å². The Kier molecular flexibility index (Phi) is 2.29. The van der Waals surface area contributed by atoms with Gasteiger partial charge in [-0.05, 0) is 36.3 Å². The molecule has 0 heterocycles. The number of aryl methyl sites for hydroxylation is 1. The Morgan fingerprint density at radius 3 is 2.69 bits per heavy atom. The van der Waals surface area contributed by atoms with E-state index in [1.807, 2.05) is 19.1 Å². The topological polar surface area (TPSA) is 0 Å². The molecule has 1 fully saturated rings. The molecule has 2 rings (SSSR count). The summed E-state index contributed by atoms with van der Waals surface area (Å²) < 4.78 is 13.6. The van der Waals surface area contributed by atoms with Crippen LogP contribution in [0.1, 0.15) is 36.8 Å². The van der Waals surface area contributed by atoms with Crippen LogP contribution in [0.4, 0.5) is 4.39 Å². The third-order valence-corrected chi connectivity index (χ3v) is 3.00. The monoisotopic (exact) mass is 198 g/mol. The fourth-order valence-corrected chi connectivity index (χ4v) is 1.89. The molecule has 0 N–H and O–H groups in total. The second kappa shape index (κ2) is 3.30. The lowest BCUT2D eigenvalue weighted by molar-refractivity contribution is 0.609. The van der Waals surface area contributed by atoms with E-state index in [2.05, 4.69) is 0 Å². The van der Waals surface area contributed by atoms with Crippen LogP contribution in [0.2, 0.25) is 5.02 Å². The van der Waals surface area contributed by atoms with Gasteiger partial charge in [0.15, 0.2) is 0 Å². The lowest BCUT2D eigenvalue weighted by Crippen LogP contribution is -1.92. The van der Waals surface area contributed by atoms with Gasteiger partial charge in [-0.15, -0.1) is 0 Å². The van der Waals surface area contributed by atoms with E-state index in [0.29, 0.717) is 10.9 Å². The minimum Gasteiger partial charge on any atom is -0.205 e. The Balaban J connectivity index is 2.44. The second-order valence-corrected chi connectivity index (χ2v) is 3.95. The molecule has 1 aromatic rings. The Hall–Kier alpha value is -0.560. The predicted molar refractivity (Wildman–Crippen MR) is 52.8 cm³/mol. The van der Waals surface area contributed by atoms with Crippen LogP contribution < -0.4 is 0 Å². The van der Waals surface area contributed by atoms with Crippen molar-refractivity contribution in [3.05, 3.63) is 34.1 Å². The van der Waals surface area contributed by atoms with Gasteiger partial charge in [-0.2, -0.15) is 0 Å². The van der Waals surface area contributed by atoms with Gasteiger partial charge in [0.05, 0.1) is 5.02 Å². The number of hydrogen-bond acceptors (Lipinski definition) is 0. The number of halogens is 2. The van der Waals surface area contributed by atoms with Gasteiger partial charge in [0.1, 0.15) is 5.82 Å². The van der Waals surface area contributed by atoms with E-state index in [-0.39, 0.29) is 5.82 Å². The Bertz CT molecular complexity index is 329. The zero-order valence-corrected chi connectivity index (χ0v) is 8.37. The number of rotatable bonds is 2. The zero-order valence-electron chi connectivity index (χ0n) is 7.61. The van der Waals surface area contributed by atoms with Crippen LogP contribution in [0.15, 0.2) is 12.1 Å². The average Bonchev–Trinajstić information content (AvgIpc) is 2.93. The highest BCUT2D eigenvalue weighted by atomic mass is 35.5. The molecule has 0 amide bonds. The smallest absolute Gasteiger partial charge is 0.145 e. The van der Waals surface area contributed by atoms with Crippen molar-refractivity contribution in [3.8, 4) is 0 Å². The molecule has 13 heavy (non-hydrogen) atoms. The van der Waals surface area contributed by atoms with Crippen molar-refractivity contribution in [2.45, 2.75) is 32.1 Å². The van der Waals surface area contributed by atoms with Crippen LogP contribution in [0, 0.1) is 5.82 Å². The summed E-state index contributed by atoms with van der Waals surface area (Å²) in [5.74, 6) is 0.243. The summed E-state index contributed by atoms with van der Waals surface area (Å²) >= 11 is 5.90. The van der Waals surface area contributed by atoms with Crippen LogP contribution in [-0.2, 0) is 6.42 Å². The third-order valence-electron chi connectivity index (χ3n) is 2.59. The van der Waals surface area contributed by atoms with Gasteiger partial charge in [0, 0.05) is 0 Å². The fraction of sp³-hybridized carbons (Fsp3) is 0.455. The maximum absolute atomic E-state index is 13.6. The van der Waals surface area contributed by atoms with E-state index in [4.69, 9.17) is 11.6 Å². The minimum atomic E-state index is -0.191. The van der Waals surface area contributed by atoms with Crippen molar-refractivity contribution in [3.63, 3.8) is 0 Å². The summed E-state index contributed by atoms with van der Waals surface area (Å²) in [4.78, 5) is 0. The largest absolute Gasteiger partial charge is 0.205 e. The second-order valence-electron chi connectivity index (χ2n) is 3.57. The number of benzene rings is 1. The highest BCUT2D eigenvalue weighted by Gasteiger charge is 2.27.